The topological polar surface area (TPSA) is 26.3 Å². The van der Waals surface area contributed by atoms with Gasteiger partial charge in [-0.2, -0.15) is 0 Å². The average molecular weight is 100 g/mol. The highest BCUT2D eigenvalue weighted by molar-refractivity contribution is 5.71. The second-order valence-corrected chi connectivity index (χ2v) is 1.99. The molecule has 1 fully saturated rings. The van der Waals surface area contributed by atoms with Gasteiger partial charge in [0.05, 0.1) is 13.0 Å². The third kappa shape index (κ3) is 0.918. The number of cyclic esters (lactones) is 1. The maximum atomic E-state index is 10.2. The van der Waals surface area contributed by atoms with Gasteiger partial charge in [-0.15, -0.1) is 0 Å². The lowest BCUT2D eigenvalue weighted by molar-refractivity contribution is -0.137. The van der Waals surface area contributed by atoms with Crippen LogP contribution < -0.4 is 0 Å². The summed E-state index contributed by atoms with van der Waals surface area (Å²) in [7, 11) is 0. The highest BCUT2D eigenvalue weighted by atomic mass is 16.5. The first-order valence-corrected chi connectivity index (χ1v) is 2.44. The number of carbonyl (C=O) groups excluding carboxylic acids is 1. The van der Waals surface area contributed by atoms with Crippen LogP contribution in [0.15, 0.2) is 0 Å². The van der Waals surface area contributed by atoms with E-state index in [2.05, 4.69) is 4.74 Å². The van der Waals surface area contributed by atoms with E-state index in [-0.39, 0.29) is 5.97 Å². The quantitative estimate of drug-likeness (QED) is 0.416. The molecule has 1 aliphatic heterocycles. The number of hydrogen-bond donors (Lipinski definition) is 0. The number of esters is 1. The molecule has 0 aromatic heterocycles. The minimum atomic E-state index is -0.0486. The molecule has 1 aliphatic rings. The third-order valence-electron chi connectivity index (χ3n) is 1.04. The molecule has 0 bridgehead atoms. The van der Waals surface area contributed by atoms with Crippen LogP contribution in [0.3, 0.4) is 0 Å². The third-order valence-corrected chi connectivity index (χ3v) is 1.04. The maximum absolute atomic E-state index is 10.2. The Balaban J connectivity index is 2.40. The van der Waals surface area contributed by atoms with Gasteiger partial charge in [0, 0.05) is 5.92 Å². The van der Waals surface area contributed by atoms with E-state index in [0.717, 1.165) is 0 Å². The van der Waals surface area contributed by atoms with Crippen molar-refractivity contribution in [2.45, 2.75) is 13.3 Å². The Morgan fingerprint density at radius 3 is 2.71 bits per heavy atom. The molecule has 1 saturated heterocycles. The van der Waals surface area contributed by atoms with Crippen molar-refractivity contribution < 1.29 is 9.53 Å². The lowest BCUT2D eigenvalue weighted by Gasteiger charge is -1.87. The predicted molar refractivity (Wildman–Crippen MR) is 24.7 cm³/mol. The summed E-state index contributed by atoms with van der Waals surface area (Å²) in [6.07, 6.45) is 0.611. The van der Waals surface area contributed by atoms with Crippen molar-refractivity contribution in [2.24, 2.45) is 5.92 Å². The summed E-state index contributed by atoms with van der Waals surface area (Å²) in [6, 6.07) is 0. The zero-order chi connectivity index (χ0) is 5.28. The standard InChI is InChI=1S/C5H8O2/c1-4-2-5(6)7-3-4/h4H,2-3H2,1H3. The van der Waals surface area contributed by atoms with E-state index < -0.39 is 0 Å². The average Bonchev–Trinajstić information content (AvgIpc) is 1.87. The van der Waals surface area contributed by atoms with Gasteiger partial charge in [0.1, 0.15) is 0 Å². The molecule has 0 saturated carbocycles. The summed E-state index contributed by atoms with van der Waals surface area (Å²) in [5.74, 6) is 0.403. The van der Waals surface area contributed by atoms with Crippen LogP contribution in [0.2, 0.25) is 0 Å². The molecule has 0 aliphatic carbocycles. The van der Waals surface area contributed by atoms with Crippen LogP contribution in [0.4, 0.5) is 0 Å². The van der Waals surface area contributed by atoms with Gasteiger partial charge < -0.3 is 4.74 Å². The van der Waals surface area contributed by atoms with E-state index >= 15 is 0 Å². The Hall–Kier alpha value is -0.530. The summed E-state index contributed by atoms with van der Waals surface area (Å²) < 4.78 is 4.63. The molecule has 0 amide bonds. The zero-order valence-corrected chi connectivity index (χ0v) is 4.31. The normalized spacial score (nSPS) is 30.4. The first-order valence-electron chi connectivity index (χ1n) is 2.44. The molecule has 2 heteroatoms. The Morgan fingerprint density at radius 1 is 1.86 bits per heavy atom. The molecule has 1 unspecified atom stereocenters. The van der Waals surface area contributed by atoms with Gasteiger partial charge in [0.15, 0.2) is 0 Å². The maximum Gasteiger partial charge on any atom is 0.306 e. The molecule has 0 spiro atoms. The first-order chi connectivity index (χ1) is 3.29. The van der Waals surface area contributed by atoms with Crippen LogP contribution >= 0.6 is 0 Å². The van der Waals surface area contributed by atoms with Gasteiger partial charge in [-0.3, -0.25) is 4.79 Å². The van der Waals surface area contributed by atoms with Crippen molar-refractivity contribution >= 4 is 5.97 Å². The van der Waals surface area contributed by atoms with Crippen LogP contribution in [0.5, 0.6) is 0 Å². The van der Waals surface area contributed by atoms with E-state index in [9.17, 15) is 4.79 Å². The Bertz CT molecular complexity index is 88.1. The van der Waals surface area contributed by atoms with Crippen molar-refractivity contribution in [1.29, 1.82) is 0 Å². The molecule has 0 radical (unpaired) electrons. The molecule has 1 heterocycles. The smallest absolute Gasteiger partial charge is 0.306 e. The summed E-state index contributed by atoms with van der Waals surface area (Å²) in [4.78, 5) is 10.2. The van der Waals surface area contributed by atoms with Crippen molar-refractivity contribution in [3.8, 4) is 0 Å². The molecule has 1 atom stereocenters. The van der Waals surface area contributed by atoms with E-state index in [1.807, 2.05) is 6.92 Å². The van der Waals surface area contributed by atoms with E-state index in [1.54, 1.807) is 0 Å². The second-order valence-electron chi connectivity index (χ2n) is 1.99. The molecular formula is C5H8O2. The second kappa shape index (κ2) is 1.52. The predicted octanol–water partition coefficient (Wildman–Crippen LogP) is 0.569. The molecule has 40 valence electrons. The number of carbonyl (C=O) groups is 1. The fourth-order valence-electron chi connectivity index (χ4n) is 0.638. The van der Waals surface area contributed by atoms with Gasteiger partial charge in [-0.25, -0.2) is 0 Å². The van der Waals surface area contributed by atoms with Crippen molar-refractivity contribution in [3.05, 3.63) is 0 Å². The molecule has 1 rings (SSSR count). The Labute approximate surface area is 42.5 Å². The number of ether oxygens (including phenoxy) is 1. The fourth-order valence-corrected chi connectivity index (χ4v) is 0.638. The minimum absolute atomic E-state index is 0.0486. The van der Waals surface area contributed by atoms with Crippen molar-refractivity contribution in [2.75, 3.05) is 6.61 Å². The van der Waals surface area contributed by atoms with Crippen molar-refractivity contribution in [3.63, 3.8) is 0 Å². The molecule has 2 nitrogen and oxygen atoms in total. The molecule has 0 aromatic rings. The van der Waals surface area contributed by atoms with Gasteiger partial charge in [0.2, 0.25) is 0 Å². The van der Waals surface area contributed by atoms with E-state index in [1.165, 1.54) is 0 Å². The summed E-state index contributed by atoms with van der Waals surface area (Å²) in [6.45, 7) is 2.63. The highest BCUT2D eigenvalue weighted by Gasteiger charge is 2.18. The summed E-state index contributed by atoms with van der Waals surface area (Å²) in [5.41, 5.74) is 0. The number of rotatable bonds is 0. The molecular weight excluding hydrogens is 92.1 g/mol. The zero-order valence-electron chi connectivity index (χ0n) is 4.31. The Kier molecular flexibility index (Phi) is 1.01. The monoisotopic (exact) mass is 100 g/mol. The fraction of sp³-hybridized carbons (Fsp3) is 0.800. The highest BCUT2D eigenvalue weighted by Crippen LogP contribution is 2.11. The van der Waals surface area contributed by atoms with Crippen LogP contribution in [0.1, 0.15) is 13.3 Å². The lowest BCUT2D eigenvalue weighted by atomic mass is 10.2. The molecule has 0 aromatic carbocycles. The number of hydrogen-bond acceptors (Lipinski definition) is 2. The van der Waals surface area contributed by atoms with Crippen LogP contribution in [-0.4, -0.2) is 12.6 Å². The van der Waals surface area contributed by atoms with E-state index in [4.69, 9.17) is 0 Å². The SMILES string of the molecule is CC1COC(=O)C1. The lowest BCUT2D eigenvalue weighted by Crippen LogP contribution is -1.88. The first kappa shape index (κ1) is 4.62. The van der Waals surface area contributed by atoms with Gasteiger partial charge >= 0.3 is 5.97 Å². The largest absolute Gasteiger partial charge is 0.465 e. The minimum Gasteiger partial charge on any atom is -0.465 e. The van der Waals surface area contributed by atoms with Crippen LogP contribution in [0.25, 0.3) is 0 Å². The van der Waals surface area contributed by atoms with Crippen LogP contribution in [-0.2, 0) is 9.53 Å². The summed E-state index contributed by atoms with van der Waals surface area (Å²) in [5, 5.41) is 0. The van der Waals surface area contributed by atoms with Gasteiger partial charge in [-0.1, -0.05) is 6.92 Å². The van der Waals surface area contributed by atoms with Gasteiger partial charge in [0.25, 0.3) is 0 Å². The van der Waals surface area contributed by atoms with E-state index in [0.29, 0.717) is 18.9 Å². The summed E-state index contributed by atoms with van der Waals surface area (Å²) >= 11 is 0. The van der Waals surface area contributed by atoms with Crippen LogP contribution in [0, 0.1) is 5.92 Å². The van der Waals surface area contributed by atoms with Gasteiger partial charge in [-0.05, 0) is 0 Å². The van der Waals surface area contributed by atoms with Crippen molar-refractivity contribution in [1.82, 2.24) is 0 Å². The Morgan fingerprint density at radius 2 is 2.57 bits per heavy atom. The molecule has 0 N–H and O–H groups in total. The molecule has 7 heavy (non-hydrogen) atoms.